The van der Waals surface area contributed by atoms with Gasteiger partial charge in [-0.1, -0.05) is 84.9 Å². The highest BCUT2D eigenvalue weighted by atomic mass is 16.1. The average Bonchev–Trinajstić information content (AvgIpc) is 2.59. The van der Waals surface area contributed by atoms with E-state index in [1.807, 2.05) is 30.6 Å². The molecule has 107 valence electrons. The molecule has 0 atom stereocenters. The fourth-order valence-corrected chi connectivity index (χ4v) is 2.78. The van der Waals surface area contributed by atoms with Gasteiger partial charge in [-0.2, -0.15) is 0 Å². The first-order valence-corrected chi connectivity index (χ1v) is 7.42. The topological polar surface area (TPSA) is 17.1 Å². The third-order valence-electron chi connectivity index (χ3n) is 3.86. The van der Waals surface area contributed by atoms with Crippen molar-refractivity contribution in [1.82, 2.24) is 0 Å². The summed E-state index contributed by atoms with van der Waals surface area (Å²) in [5, 5.41) is 0. The molecular weight excluding hydrogens is 268 g/mol. The summed E-state index contributed by atoms with van der Waals surface area (Å²) in [4.78, 5) is 10.5. The molecule has 0 bridgehead atoms. The smallest absolute Gasteiger partial charge is 0.203 e. The summed E-state index contributed by atoms with van der Waals surface area (Å²) in [6.07, 6.45) is 2.29. The van der Waals surface area contributed by atoms with Crippen molar-refractivity contribution in [2.45, 2.75) is 12.3 Å². The number of hydrogen-bond acceptors (Lipinski definition) is 1. The first-order chi connectivity index (χ1) is 10.9. The first-order valence-electron chi connectivity index (χ1n) is 7.42. The third kappa shape index (κ3) is 3.15. The monoisotopic (exact) mass is 285 g/mol. The Balaban J connectivity index is 2.04. The second kappa shape index (κ2) is 6.86. The van der Waals surface area contributed by atoms with E-state index in [0.29, 0.717) is 6.42 Å². The van der Waals surface area contributed by atoms with Gasteiger partial charge in [0.2, 0.25) is 6.29 Å². The second-order valence-electron chi connectivity index (χ2n) is 5.32. The molecule has 0 aliphatic heterocycles. The SMILES string of the molecule is O=[C]Cc1ccc(C(c2ccccc2)c2ccccc2)cc1. The highest BCUT2D eigenvalue weighted by Gasteiger charge is 2.15. The molecule has 0 amide bonds. The summed E-state index contributed by atoms with van der Waals surface area (Å²) in [6.45, 7) is 0. The van der Waals surface area contributed by atoms with E-state index in [4.69, 9.17) is 0 Å². The minimum absolute atomic E-state index is 0.205. The van der Waals surface area contributed by atoms with Gasteiger partial charge in [0.15, 0.2) is 0 Å². The molecule has 0 unspecified atom stereocenters. The second-order valence-corrected chi connectivity index (χ2v) is 5.32. The lowest BCUT2D eigenvalue weighted by Crippen LogP contribution is -2.03. The van der Waals surface area contributed by atoms with Crippen molar-refractivity contribution >= 4 is 6.29 Å². The molecule has 0 heterocycles. The zero-order valence-corrected chi connectivity index (χ0v) is 12.3. The Morgan fingerprint density at radius 3 is 1.55 bits per heavy atom. The van der Waals surface area contributed by atoms with Crippen LogP contribution in [-0.4, -0.2) is 6.29 Å². The maximum atomic E-state index is 10.5. The van der Waals surface area contributed by atoms with Crippen molar-refractivity contribution < 1.29 is 4.79 Å². The number of carbonyl (C=O) groups excluding carboxylic acids is 1. The van der Waals surface area contributed by atoms with Crippen molar-refractivity contribution in [3.63, 3.8) is 0 Å². The Hall–Kier alpha value is -2.67. The lowest BCUT2D eigenvalue weighted by atomic mass is 9.85. The van der Waals surface area contributed by atoms with Crippen LogP contribution in [0, 0.1) is 0 Å². The van der Waals surface area contributed by atoms with Crippen molar-refractivity contribution in [1.29, 1.82) is 0 Å². The van der Waals surface area contributed by atoms with Gasteiger partial charge in [0.25, 0.3) is 0 Å². The van der Waals surface area contributed by atoms with E-state index < -0.39 is 0 Å². The van der Waals surface area contributed by atoms with Gasteiger partial charge in [-0.05, 0) is 22.3 Å². The Morgan fingerprint density at radius 1 is 0.636 bits per heavy atom. The first kappa shape index (κ1) is 14.3. The van der Waals surface area contributed by atoms with E-state index in [1.165, 1.54) is 16.7 Å². The molecule has 0 aromatic heterocycles. The van der Waals surface area contributed by atoms with Crippen LogP contribution in [0.4, 0.5) is 0 Å². The van der Waals surface area contributed by atoms with Crippen LogP contribution in [0.5, 0.6) is 0 Å². The molecule has 0 aliphatic rings. The Bertz CT molecular complexity index is 675. The standard InChI is InChI=1S/C21H17O/c22-16-15-17-11-13-20(14-12-17)21(18-7-3-1-4-8-18)19-9-5-2-6-10-19/h1-14,21H,15H2. The molecule has 0 saturated heterocycles. The maximum Gasteiger partial charge on any atom is 0.203 e. The summed E-state index contributed by atoms with van der Waals surface area (Å²) in [7, 11) is 0. The van der Waals surface area contributed by atoms with Crippen LogP contribution in [0.3, 0.4) is 0 Å². The molecule has 1 radical (unpaired) electrons. The predicted octanol–water partition coefficient (Wildman–Crippen LogP) is 4.52. The maximum absolute atomic E-state index is 10.5. The van der Waals surface area contributed by atoms with Crippen LogP contribution in [0.2, 0.25) is 0 Å². The van der Waals surface area contributed by atoms with E-state index in [1.54, 1.807) is 0 Å². The minimum atomic E-state index is 0.205. The zero-order chi connectivity index (χ0) is 15.2. The van der Waals surface area contributed by atoms with Gasteiger partial charge in [-0.25, -0.2) is 0 Å². The van der Waals surface area contributed by atoms with E-state index in [0.717, 1.165) is 5.56 Å². The number of benzene rings is 3. The summed E-state index contributed by atoms with van der Waals surface area (Å²) >= 11 is 0. The summed E-state index contributed by atoms with van der Waals surface area (Å²) in [5.41, 5.74) is 4.76. The Kier molecular flexibility index (Phi) is 4.45. The largest absolute Gasteiger partial charge is 0.291 e. The van der Waals surface area contributed by atoms with Crippen LogP contribution < -0.4 is 0 Å². The Morgan fingerprint density at radius 2 is 1.09 bits per heavy atom. The number of rotatable bonds is 5. The van der Waals surface area contributed by atoms with Crippen LogP contribution in [-0.2, 0) is 11.2 Å². The summed E-state index contributed by atoms with van der Waals surface area (Å²) < 4.78 is 0. The molecule has 1 nitrogen and oxygen atoms in total. The van der Waals surface area contributed by atoms with Crippen molar-refractivity contribution in [3.05, 3.63) is 107 Å². The van der Waals surface area contributed by atoms with Gasteiger partial charge >= 0.3 is 0 Å². The van der Waals surface area contributed by atoms with Gasteiger partial charge in [-0.3, -0.25) is 4.79 Å². The van der Waals surface area contributed by atoms with Gasteiger partial charge in [0.05, 0.1) is 0 Å². The highest BCUT2D eigenvalue weighted by molar-refractivity contribution is 5.56. The average molecular weight is 285 g/mol. The summed E-state index contributed by atoms with van der Waals surface area (Å²) in [5.74, 6) is 0.205. The molecule has 3 rings (SSSR count). The van der Waals surface area contributed by atoms with Gasteiger partial charge in [-0.15, -0.1) is 0 Å². The fourth-order valence-electron chi connectivity index (χ4n) is 2.78. The highest BCUT2D eigenvalue weighted by Crippen LogP contribution is 2.31. The molecule has 22 heavy (non-hydrogen) atoms. The van der Waals surface area contributed by atoms with E-state index in [2.05, 4.69) is 60.7 Å². The van der Waals surface area contributed by atoms with E-state index in [9.17, 15) is 4.79 Å². The normalized spacial score (nSPS) is 10.6. The van der Waals surface area contributed by atoms with Crippen LogP contribution in [0.1, 0.15) is 28.2 Å². The van der Waals surface area contributed by atoms with Crippen LogP contribution in [0.25, 0.3) is 0 Å². The third-order valence-corrected chi connectivity index (χ3v) is 3.86. The molecule has 0 spiro atoms. The lowest BCUT2D eigenvalue weighted by Gasteiger charge is -2.19. The molecular formula is C21H17O. The predicted molar refractivity (Wildman–Crippen MR) is 89.7 cm³/mol. The van der Waals surface area contributed by atoms with Gasteiger partial charge < -0.3 is 0 Å². The summed E-state index contributed by atoms with van der Waals surface area (Å²) in [6, 6.07) is 29.2. The molecule has 3 aromatic rings. The molecule has 0 N–H and O–H groups in total. The van der Waals surface area contributed by atoms with Crippen molar-refractivity contribution in [3.8, 4) is 0 Å². The van der Waals surface area contributed by atoms with E-state index >= 15 is 0 Å². The molecule has 0 fully saturated rings. The van der Waals surface area contributed by atoms with Crippen molar-refractivity contribution in [2.24, 2.45) is 0 Å². The molecule has 3 aromatic carbocycles. The van der Waals surface area contributed by atoms with Gasteiger partial charge in [0, 0.05) is 12.3 Å². The van der Waals surface area contributed by atoms with E-state index in [-0.39, 0.29) is 5.92 Å². The van der Waals surface area contributed by atoms with Crippen molar-refractivity contribution in [2.75, 3.05) is 0 Å². The van der Waals surface area contributed by atoms with Crippen LogP contribution >= 0.6 is 0 Å². The van der Waals surface area contributed by atoms with Gasteiger partial charge in [0.1, 0.15) is 0 Å². The molecule has 0 aliphatic carbocycles. The zero-order valence-electron chi connectivity index (χ0n) is 12.3. The fraction of sp³-hybridized carbons (Fsp3) is 0.0952. The lowest BCUT2D eigenvalue weighted by molar-refractivity contribution is 0.555. The molecule has 1 heteroatoms. The molecule has 0 saturated carbocycles. The minimum Gasteiger partial charge on any atom is -0.291 e. The van der Waals surface area contributed by atoms with Crippen LogP contribution in [0.15, 0.2) is 84.9 Å². The number of hydrogen-bond donors (Lipinski definition) is 0. The Labute approximate surface area is 131 Å². The quantitative estimate of drug-likeness (QED) is 0.630.